The largest absolute Gasteiger partial charge is 0.491 e. The highest BCUT2D eigenvalue weighted by atomic mass is 35.5. The van der Waals surface area contributed by atoms with Gasteiger partial charge in [-0.15, -0.1) is 11.3 Å². The van der Waals surface area contributed by atoms with E-state index in [0.717, 1.165) is 29.7 Å². The molecular weight excluding hydrogens is 460 g/mol. The van der Waals surface area contributed by atoms with Gasteiger partial charge in [-0.3, -0.25) is 9.59 Å². The normalized spacial score (nSPS) is 15.5. The second-order valence-electron chi connectivity index (χ2n) is 8.80. The lowest BCUT2D eigenvalue weighted by Gasteiger charge is -2.37. The summed E-state index contributed by atoms with van der Waals surface area (Å²) in [5.41, 5.74) is 2.07. The summed E-state index contributed by atoms with van der Waals surface area (Å²) in [6.45, 7) is 7.66. The highest BCUT2D eigenvalue weighted by molar-refractivity contribution is 7.10. The van der Waals surface area contributed by atoms with Crippen molar-refractivity contribution < 1.29 is 19.1 Å². The van der Waals surface area contributed by atoms with Gasteiger partial charge in [0.1, 0.15) is 19.0 Å². The predicted molar refractivity (Wildman–Crippen MR) is 132 cm³/mol. The Morgan fingerprint density at radius 2 is 2.09 bits per heavy atom. The molecule has 33 heavy (non-hydrogen) atoms. The molecule has 2 heterocycles. The van der Waals surface area contributed by atoms with E-state index in [4.69, 9.17) is 21.1 Å². The zero-order valence-electron chi connectivity index (χ0n) is 19.8. The van der Waals surface area contributed by atoms with E-state index in [1.165, 1.54) is 12.0 Å². The molecule has 180 valence electrons. The molecule has 8 heteroatoms. The number of hydrogen-bond donors (Lipinski definition) is 0. The molecule has 0 aliphatic carbocycles. The van der Waals surface area contributed by atoms with Crippen LogP contribution in [-0.4, -0.2) is 61.6 Å². The van der Waals surface area contributed by atoms with E-state index in [1.807, 2.05) is 30.0 Å². The van der Waals surface area contributed by atoms with Crippen molar-refractivity contribution >= 4 is 34.8 Å². The van der Waals surface area contributed by atoms with Gasteiger partial charge in [-0.25, -0.2) is 0 Å². The number of methoxy groups -OCH3 is 1. The second-order valence-corrected chi connectivity index (χ2v) is 10.2. The van der Waals surface area contributed by atoms with Gasteiger partial charge in [-0.05, 0) is 66.5 Å². The summed E-state index contributed by atoms with van der Waals surface area (Å²) < 4.78 is 11.1. The van der Waals surface area contributed by atoms with E-state index in [0.29, 0.717) is 30.6 Å². The third kappa shape index (κ3) is 6.71. The van der Waals surface area contributed by atoms with Gasteiger partial charge in [-0.1, -0.05) is 25.4 Å². The van der Waals surface area contributed by atoms with E-state index in [1.54, 1.807) is 16.2 Å². The molecule has 0 saturated carbocycles. The number of fused-ring (bicyclic) bond motifs is 1. The number of rotatable bonds is 10. The molecule has 1 atom stereocenters. The van der Waals surface area contributed by atoms with Crippen molar-refractivity contribution in [2.24, 2.45) is 5.92 Å². The molecule has 1 aliphatic heterocycles. The molecule has 0 radical (unpaired) electrons. The van der Waals surface area contributed by atoms with E-state index < -0.39 is 0 Å². The van der Waals surface area contributed by atoms with Gasteiger partial charge in [-0.2, -0.15) is 0 Å². The molecule has 1 aliphatic rings. The maximum atomic E-state index is 13.4. The van der Waals surface area contributed by atoms with Crippen LogP contribution >= 0.6 is 22.9 Å². The average Bonchev–Trinajstić information content (AvgIpc) is 3.26. The number of hydrogen-bond acceptors (Lipinski definition) is 5. The van der Waals surface area contributed by atoms with Gasteiger partial charge in [0.2, 0.25) is 11.8 Å². The third-order valence-corrected chi connectivity index (χ3v) is 7.30. The first-order chi connectivity index (χ1) is 15.8. The highest BCUT2D eigenvalue weighted by Gasteiger charge is 2.33. The third-order valence-electron chi connectivity index (χ3n) is 5.88. The van der Waals surface area contributed by atoms with Crippen LogP contribution in [0.15, 0.2) is 29.6 Å². The minimum absolute atomic E-state index is 0.0253. The zero-order valence-corrected chi connectivity index (χ0v) is 21.4. The fraction of sp³-hybridized carbons (Fsp3) is 0.520. The Bertz CT molecular complexity index is 962. The molecule has 0 bridgehead atoms. The van der Waals surface area contributed by atoms with Crippen molar-refractivity contribution in [3.63, 3.8) is 0 Å². The van der Waals surface area contributed by atoms with E-state index in [9.17, 15) is 9.59 Å². The number of ether oxygens (including phenoxy) is 2. The lowest BCUT2D eigenvalue weighted by Crippen LogP contribution is -2.48. The Morgan fingerprint density at radius 1 is 1.30 bits per heavy atom. The number of halogens is 1. The van der Waals surface area contributed by atoms with Gasteiger partial charge >= 0.3 is 0 Å². The molecule has 0 N–H and O–H groups in total. The van der Waals surface area contributed by atoms with Gasteiger partial charge in [0.15, 0.2) is 0 Å². The van der Waals surface area contributed by atoms with Crippen molar-refractivity contribution in [2.75, 3.05) is 40.0 Å². The van der Waals surface area contributed by atoms with Crippen LogP contribution in [0.4, 0.5) is 0 Å². The number of thiophene rings is 1. The monoisotopic (exact) mass is 492 g/mol. The minimum Gasteiger partial charge on any atom is -0.491 e. The first-order valence-electron chi connectivity index (χ1n) is 11.3. The summed E-state index contributed by atoms with van der Waals surface area (Å²) in [5.74, 6) is 0.927. The van der Waals surface area contributed by atoms with Crippen molar-refractivity contribution in [3.05, 3.63) is 50.7 Å². The lowest BCUT2D eigenvalue weighted by molar-refractivity contribution is -0.144. The fourth-order valence-electron chi connectivity index (χ4n) is 3.93. The summed E-state index contributed by atoms with van der Waals surface area (Å²) in [7, 11) is 1.49. The molecule has 3 rings (SSSR count). The van der Waals surface area contributed by atoms with Crippen LogP contribution in [-0.2, 0) is 20.7 Å². The molecule has 0 spiro atoms. The van der Waals surface area contributed by atoms with E-state index >= 15 is 0 Å². The molecular formula is C25H33ClN2O4S. The van der Waals surface area contributed by atoms with Crippen molar-refractivity contribution in [1.82, 2.24) is 9.80 Å². The van der Waals surface area contributed by atoms with Crippen molar-refractivity contribution in [2.45, 2.75) is 39.7 Å². The molecule has 2 amide bonds. The minimum atomic E-state index is -0.201. The number of amides is 2. The zero-order chi connectivity index (χ0) is 24.0. The summed E-state index contributed by atoms with van der Waals surface area (Å²) in [6.07, 6.45) is 1.65. The Morgan fingerprint density at radius 3 is 2.79 bits per heavy atom. The van der Waals surface area contributed by atoms with E-state index in [2.05, 4.69) is 25.3 Å². The first kappa shape index (κ1) is 25.5. The molecule has 2 aromatic rings. The molecule has 0 fully saturated rings. The Labute approximate surface area is 205 Å². The fourth-order valence-corrected chi connectivity index (χ4v) is 4.98. The second kappa shape index (κ2) is 11.9. The number of carbonyl (C=O) groups excluding carboxylic acids is 2. The van der Waals surface area contributed by atoms with Crippen LogP contribution in [0.5, 0.6) is 5.75 Å². The van der Waals surface area contributed by atoms with Crippen LogP contribution in [0.2, 0.25) is 5.02 Å². The van der Waals surface area contributed by atoms with Gasteiger partial charge in [0.05, 0.1) is 12.6 Å². The molecule has 1 aromatic heterocycles. The molecule has 1 aromatic carbocycles. The number of aryl methyl sites for hydroxylation is 1. The Kier molecular flexibility index (Phi) is 9.18. The van der Waals surface area contributed by atoms with Gasteiger partial charge in [0.25, 0.3) is 0 Å². The Hall–Kier alpha value is -2.09. The summed E-state index contributed by atoms with van der Waals surface area (Å²) in [5, 5.41) is 2.76. The topological polar surface area (TPSA) is 59.1 Å². The number of carbonyl (C=O) groups is 2. The maximum absolute atomic E-state index is 13.4. The van der Waals surface area contributed by atoms with E-state index in [-0.39, 0.29) is 31.0 Å². The Balaban J connectivity index is 1.75. The van der Waals surface area contributed by atoms with Crippen molar-refractivity contribution in [3.8, 4) is 5.75 Å². The molecule has 1 unspecified atom stereocenters. The summed E-state index contributed by atoms with van der Waals surface area (Å²) in [4.78, 5) is 30.8. The maximum Gasteiger partial charge on any atom is 0.249 e. The SMILES string of the molecule is COCC(=O)N(CCC(C)C)CC(=O)N1CCc2sccc2C1COc1ccc(Cl)c(C)c1. The summed E-state index contributed by atoms with van der Waals surface area (Å²) >= 11 is 7.85. The first-order valence-corrected chi connectivity index (χ1v) is 12.6. The number of benzene rings is 1. The number of nitrogens with zero attached hydrogens (tertiary/aromatic N) is 2. The average molecular weight is 493 g/mol. The molecule has 0 saturated heterocycles. The van der Waals surface area contributed by atoms with Crippen LogP contribution < -0.4 is 4.74 Å². The lowest BCUT2D eigenvalue weighted by atomic mass is 10.0. The standard InChI is InChI=1S/C25H33ClN2O4S/c1-17(2)7-10-27(25(30)16-31-4)14-24(29)28-11-8-23-20(9-12-33-23)22(28)15-32-19-5-6-21(26)18(3)13-19/h5-6,9,12-13,17,22H,7-8,10-11,14-16H2,1-4H3. The quantitative estimate of drug-likeness (QED) is 0.481. The summed E-state index contributed by atoms with van der Waals surface area (Å²) in [6, 6.07) is 7.44. The van der Waals surface area contributed by atoms with Crippen LogP contribution in [0.3, 0.4) is 0 Å². The van der Waals surface area contributed by atoms with Crippen LogP contribution in [0.1, 0.15) is 42.3 Å². The smallest absolute Gasteiger partial charge is 0.249 e. The highest BCUT2D eigenvalue weighted by Crippen LogP contribution is 2.34. The predicted octanol–water partition coefficient (Wildman–Crippen LogP) is 4.74. The van der Waals surface area contributed by atoms with Gasteiger partial charge < -0.3 is 19.3 Å². The van der Waals surface area contributed by atoms with Crippen LogP contribution in [0, 0.1) is 12.8 Å². The van der Waals surface area contributed by atoms with Gasteiger partial charge in [0, 0.05) is 30.1 Å². The van der Waals surface area contributed by atoms with Crippen LogP contribution in [0.25, 0.3) is 0 Å². The molecule has 6 nitrogen and oxygen atoms in total. The van der Waals surface area contributed by atoms with Crippen molar-refractivity contribution in [1.29, 1.82) is 0 Å².